The van der Waals surface area contributed by atoms with Crippen LogP contribution >= 0.6 is 11.3 Å². The zero-order valence-electron chi connectivity index (χ0n) is 13.9. The number of piperidine rings is 1. The number of rotatable bonds is 3. The molecule has 0 aliphatic carbocycles. The Hall–Kier alpha value is -2.48. The summed E-state index contributed by atoms with van der Waals surface area (Å²) in [7, 11) is 0. The van der Waals surface area contributed by atoms with Crippen molar-refractivity contribution in [3.8, 4) is 0 Å². The summed E-state index contributed by atoms with van der Waals surface area (Å²) in [6.07, 6.45) is 4.81. The van der Waals surface area contributed by atoms with Crippen LogP contribution in [0.25, 0.3) is 5.65 Å². The monoisotopic (exact) mass is 357 g/mol. The Morgan fingerprint density at radius 2 is 2.28 bits per heavy atom. The molecule has 1 aliphatic heterocycles. The molecule has 3 aromatic heterocycles. The Labute approximate surface area is 148 Å². The van der Waals surface area contributed by atoms with Crippen LogP contribution in [0, 0.1) is 6.92 Å². The predicted molar refractivity (Wildman–Crippen MR) is 94.7 cm³/mol. The molecular weight excluding hydrogens is 338 g/mol. The number of aryl methyl sites for hydroxylation is 1. The lowest BCUT2D eigenvalue weighted by atomic mass is 9.98. The maximum Gasteiger partial charge on any atom is 0.272 e. The fourth-order valence-electron chi connectivity index (χ4n) is 3.40. The van der Waals surface area contributed by atoms with Crippen molar-refractivity contribution in [1.82, 2.24) is 24.5 Å². The molecule has 0 bridgehead atoms. The van der Waals surface area contributed by atoms with Gasteiger partial charge in [0.2, 0.25) is 5.91 Å². The number of carbonyl (C=O) groups is 1. The molecule has 25 heavy (non-hydrogen) atoms. The van der Waals surface area contributed by atoms with Crippen LogP contribution in [-0.4, -0.2) is 36.9 Å². The quantitative estimate of drug-likeness (QED) is 0.778. The number of aromatic nitrogens is 4. The fraction of sp³-hybridized carbons (Fsp3) is 0.412. The number of nitrogens with one attached hydrogen (secondary N) is 1. The minimum absolute atomic E-state index is 0.0473. The maximum absolute atomic E-state index is 12.8. The average Bonchev–Trinajstić information content (AvgIpc) is 3.24. The lowest BCUT2D eigenvalue weighted by Gasteiger charge is -2.35. The second-order valence-electron chi connectivity index (χ2n) is 6.31. The first-order valence-corrected chi connectivity index (χ1v) is 9.27. The number of hydrogen-bond acceptors (Lipinski definition) is 5. The summed E-state index contributed by atoms with van der Waals surface area (Å²) < 4.78 is 1.40. The van der Waals surface area contributed by atoms with E-state index in [1.165, 1.54) is 10.6 Å². The molecule has 4 rings (SSSR count). The van der Waals surface area contributed by atoms with Gasteiger partial charge in [-0.05, 0) is 26.2 Å². The molecular formula is C17H19N5O2S. The van der Waals surface area contributed by atoms with Crippen LogP contribution in [0.4, 0.5) is 0 Å². The van der Waals surface area contributed by atoms with Crippen molar-refractivity contribution >= 4 is 22.9 Å². The number of hydrogen-bond donors (Lipinski definition) is 1. The Bertz CT molecular complexity index is 973. The zero-order valence-corrected chi connectivity index (χ0v) is 14.8. The number of thiazole rings is 1. The normalized spacial score (nSPS) is 18.0. The van der Waals surface area contributed by atoms with Gasteiger partial charge in [0.15, 0.2) is 5.65 Å². The molecule has 4 heterocycles. The van der Waals surface area contributed by atoms with Gasteiger partial charge in [-0.1, -0.05) is 0 Å². The first kappa shape index (κ1) is 16.0. The topological polar surface area (TPSA) is 83.4 Å². The number of H-pyrrole nitrogens is 1. The van der Waals surface area contributed by atoms with E-state index in [-0.39, 0.29) is 17.5 Å². The number of amides is 1. The second-order valence-corrected chi connectivity index (χ2v) is 7.37. The summed E-state index contributed by atoms with van der Waals surface area (Å²) in [4.78, 5) is 35.9. The van der Waals surface area contributed by atoms with Gasteiger partial charge in [0.1, 0.15) is 0 Å². The summed E-state index contributed by atoms with van der Waals surface area (Å²) in [6.45, 7) is 2.63. The van der Waals surface area contributed by atoms with E-state index in [2.05, 4.69) is 15.1 Å². The maximum atomic E-state index is 12.8. The smallest absolute Gasteiger partial charge is 0.272 e. The number of likely N-dealkylation sites (tertiary alicyclic amines) is 1. The Morgan fingerprint density at radius 1 is 1.40 bits per heavy atom. The van der Waals surface area contributed by atoms with E-state index in [4.69, 9.17) is 0 Å². The molecule has 1 amide bonds. The first-order chi connectivity index (χ1) is 12.1. The minimum atomic E-state index is -0.155. The van der Waals surface area contributed by atoms with Crippen molar-refractivity contribution in [1.29, 1.82) is 0 Å². The molecule has 0 aromatic carbocycles. The van der Waals surface area contributed by atoms with E-state index < -0.39 is 0 Å². The molecule has 1 aliphatic rings. The molecule has 1 unspecified atom stereocenters. The van der Waals surface area contributed by atoms with Crippen molar-refractivity contribution in [3.05, 3.63) is 50.5 Å². The van der Waals surface area contributed by atoms with E-state index in [0.29, 0.717) is 24.3 Å². The molecule has 0 spiro atoms. The van der Waals surface area contributed by atoms with Crippen LogP contribution in [0.15, 0.2) is 28.5 Å². The van der Waals surface area contributed by atoms with Crippen LogP contribution in [0.3, 0.4) is 0 Å². The van der Waals surface area contributed by atoms with E-state index in [9.17, 15) is 9.59 Å². The van der Waals surface area contributed by atoms with E-state index in [1.54, 1.807) is 23.6 Å². The number of nitrogens with zero attached hydrogens (tertiary/aromatic N) is 4. The van der Waals surface area contributed by atoms with Crippen LogP contribution in [0.1, 0.15) is 41.7 Å². The SMILES string of the molecule is Cc1nc(CC(=O)N2CCCCC2c2cc(=O)n3[nH]ccc3n2)cs1. The van der Waals surface area contributed by atoms with Crippen LogP contribution in [0.5, 0.6) is 0 Å². The van der Waals surface area contributed by atoms with Gasteiger partial charge in [-0.15, -0.1) is 11.3 Å². The summed E-state index contributed by atoms with van der Waals surface area (Å²) in [5, 5.41) is 5.74. The van der Waals surface area contributed by atoms with Gasteiger partial charge in [0.05, 0.1) is 28.9 Å². The highest BCUT2D eigenvalue weighted by Gasteiger charge is 2.29. The van der Waals surface area contributed by atoms with Crippen LogP contribution in [-0.2, 0) is 11.2 Å². The third-order valence-corrected chi connectivity index (χ3v) is 5.39. The van der Waals surface area contributed by atoms with Crippen molar-refractivity contribution in [2.24, 2.45) is 0 Å². The van der Waals surface area contributed by atoms with Gasteiger partial charge in [-0.3, -0.25) is 14.7 Å². The highest BCUT2D eigenvalue weighted by molar-refractivity contribution is 7.09. The second kappa shape index (κ2) is 6.44. The van der Waals surface area contributed by atoms with Crippen molar-refractivity contribution in [2.45, 2.75) is 38.6 Å². The molecule has 7 nitrogen and oxygen atoms in total. The number of carbonyl (C=O) groups excluding carboxylic acids is 1. The summed E-state index contributed by atoms with van der Waals surface area (Å²) >= 11 is 1.55. The summed E-state index contributed by atoms with van der Waals surface area (Å²) in [5.74, 6) is 0.0473. The highest BCUT2D eigenvalue weighted by atomic mass is 32.1. The Morgan fingerprint density at radius 3 is 3.08 bits per heavy atom. The third-order valence-electron chi connectivity index (χ3n) is 4.56. The lowest BCUT2D eigenvalue weighted by molar-refractivity contribution is -0.134. The standard InChI is InChI=1S/C17H19N5O2S/c1-11-19-12(10-25-11)8-16(23)21-7-3-2-4-14(21)13-9-17(24)22-15(20-13)5-6-18-22/h5-6,9-10,14,18H,2-4,7-8H2,1H3. The predicted octanol–water partition coefficient (Wildman–Crippen LogP) is 2.08. The molecule has 0 radical (unpaired) electrons. The molecule has 1 atom stereocenters. The summed E-state index contributed by atoms with van der Waals surface area (Å²) in [5.41, 5.74) is 1.91. The van der Waals surface area contributed by atoms with Crippen molar-refractivity contribution < 1.29 is 4.79 Å². The van der Waals surface area contributed by atoms with Crippen molar-refractivity contribution in [3.63, 3.8) is 0 Å². The molecule has 1 N–H and O–H groups in total. The van der Waals surface area contributed by atoms with Gasteiger partial charge in [0.25, 0.3) is 5.56 Å². The van der Waals surface area contributed by atoms with E-state index >= 15 is 0 Å². The van der Waals surface area contributed by atoms with Gasteiger partial charge < -0.3 is 4.90 Å². The minimum Gasteiger partial charge on any atom is -0.334 e. The highest BCUT2D eigenvalue weighted by Crippen LogP contribution is 2.30. The molecule has 130 valence electrons. The van der Waals surface area contributed by atoms with Gasteiger partial charge in [-0.2, -0.15) is 0 Å². The first-order valence-electron chi connectivity index (χ1n) is 8.39. The molecule has 1 saturated heterocycles. The van der Waals surface area contributed by atoms with Crippen molar-refractivity contribution in [2.75, 3.05) is 6.54 Å². The summed E-state index contributed by atoms with van der Waals surface area (Å²) in [6, 6.07) is 3.15. The van der Waals surface area contributed by atoms with E-state index in [0.717, 1.165) is 30.0 Å². The van der Waals surface area contributed by atoms with E-state index in [1.807, 2.05) is 17.2 Å². The van der Waals surface area contributed by atoms with Crippen LogP contribution < -0.4 is 5.56 Å². The fourth-order valence-corrected chi connectivity index (χ4v) is 4.01. The van der Waals surface area contributed by atoms with Gasteiger partial charge >= 0.3 is 0 Å². The number of fused-ring (bicyclic) bond motifs is 1. The molecule has 1 fully saturated rings. The Balaban J connectivity index is 1.63. The molecule has 3 aromatic rings. The molecule has 8 heteroatoms. The lowest BCUT2D eigenvalue weighted by Crippen LogP contribution is -2.40. The van der Waals surface area contributed by atoms with Crippen LogP contribution in [0.2, 0.25) is 0 Å². The largest absolute Gasteiger partial charge is 0.334 e. The van der Waals surface area contributed by atoms with Gasteiger partial charge in [0, 0.05) is 30.3 Å². The average molecular weight is 357 g/mol. The Kier molecular flexibility index (Phi) is 4.12. The zero-order chi connectivity index (χ0) is 17.4. The number of aromatic amines is 1. The third kappa shape index (κ3) is 3.09. The van der Waals surface area contributed by atoms with Gasteiger partial charge in [-0.25, -0.2) is 14.5 Å². The molecule has 0 saturated carbocycles.